The number of alkyl halides is 1. The Kier molecular flexibility index (Phi) is 5.78. The second-order valence-electron chi connectivity index (χ2n) is 4.75. The van der Waals surface area contributed by atoms with E-state index < -0.39 is 0 Å². The van der Waals surface area contributed by atoms with Crippen LogP contribution in [0.15, 0.2) is 54.6 Å². The SMILES string of the molecule is O=C(CCl)N[C@@H](CCO)c1ccc(-c2ccccc2)cc1. The minimum atomic E-state index is -0.234. The summed E-state index contributed by atoms with van der Waals surface area (Å²) in [5.74, 6) is -0.313. The monoisotopic (exact) mass is 303 g/mol. The normalized spacial score (nSPS) is 11.9. The fourth-order valence-electron chi connectivity index (χ4n) is 2.22. The minimum Gasteiger partial charge on any atom is -0.396 e. The number of carbonyl (C=O) groups excluding carboxylic acids is 1. The van der Waals surface area contributed by atoms with Gasteiger partial charge in [0.05, 0.1) is 6.04 Å². The van der Waals surface area contributed by atoms with E-state index in [1.807, 2.05) is 42.5 Å². The molecule has 0 saturated carbocycles. The van der Waals surface area contributed by atoms with E-state index in [1.54, 1.807) is 0 Å². The van der Waals surface area contributed by atoms with Crippen molar-refractivity contribution in [1.82, 2.24) is 5.32 Å². The molecule has 2 N–H and O–H groups in total. The van der Waals surface area contributed by atoms with E-state index in [9.17, 15) is 4.79 Å². The quantitative estimate of drug-likeness (QED) is 0.806. The van der Waals surface area contributed by atoms with Crippen LogP contribution >= 0.6 is 11.6 Å². The first kappa shape index (κ1) is 15.5. The van der Waals surface area contributed by atoms with Gasteiger partial charge in [0.2, 0.25) is 5.91 Å². The maximum atomic E-state index is 11.4. The van der Waals surface area contributed by atoms with Crippen molar-refractivity contribution in [3.8, 4) is 11.1 Å². The molecule has 1 atom stereocenters. The number of nitrogens with one attached hydrogen (secondary N) is 1. The summed E-state index contributed by atoms with van der Waals surface area (Å²) >= 11 is 5.51. The molecule has 0 fully saturated rings. The summed E-state index contributed by atoms with van der Waals surface area (Å²) in [5, 5.41) is 11.9. The molecule has 0 aliphatic heterocycles. The highest BCUT2D eigenvalue weighted by Gasteiger charge is 2.13. The lowest BCUT2D eigenvalue weighted by atomic mass is 9.99. The van der Waals surface area contributed by atoms with E-state index in [4.69, 9.17) is 16.7 Å². The fourth-order valence-corrected chi connectivity index (χ4v) is 2.30. The van der Waals surface area contributed by atoms with Gasteiger partial charge in [0.15, 0.2) is 0 Å². The van der Waals surface area contributed by atoms with Crippen molar-refractivity contribution in [2.45, 2.75) is 12.5 Å². The average Bonchev–Trinajstić information content (AvgIpc) is 2.55. The average molecular weight is 304 g/mol. The van der Waals surface area contributed by atoms with Gasteiger partial charge in [0, 0.05) is 6.61 Å². The number of aliphatic hydroxyl groups excluding tert-OH is 1. The maximum absolute atomic E-state index is 11.4. The molecule has 0 aliphatic carbocycles. The van der Waals surface area contributed by atoms with Gasteiger partial charge in [0.25, 0.3) is 0 Å². The second kappa shape index (κ2) is 7.81. The van der Waals surface area contributed by atoms with E-state index in [-0.39, 0.29) is 24.4 Å². The van der Waals surface area contributed by atoms with Crippen molar-refractivity contribution in [2.75, 3.05) is 12.5 Å². The molecule has 21 heavy (non-hydrogen) atoms. The van der Waals surface area contributed by atoms with Crippen LogP contribution in [0.25, 0.3) is 11.1 Å². The predicted octanol–water partition coefficient (Wildman–Crippen LogP) is 3.13. The van der Waals surface area contributed by atoms with Crippen LogP contribution in [0.4, 0.5) is 0 Å². The fraction of sp³-hybridized carbons (Fsp3) is 0.235. The molecule has 4 heteroatoms. The molecule has 0 bridgehead atoms. The predicted molar refractivity (Wildman–Crippen MR) is 85.2 cm³/mol. The van der Waals surface area contributed by atoms with Crippen molar-refractivity contribution < 1.29 is 9.90 Å². The van der Waals surface area contributed by atoms with Gasteiger partial charge in [-0.15, -0.1) is 11.6 Å². The van der Waals surface area contributed by atoms with Crippen molar-refractivity contribution in [1.29, 1.82) is 0 Å². The van der Waals surface area contributed by atoms with E-state index in [1.165, 1.54) is 0 Å². The third-order valence-electron chi connectivity index (χ3n) is 3.29. The van der Waals surface area contributed by atoms with Gasteiger partial charge in [-0.05, 0) is 23.1 Å². The number of aliphatic hydroxyl groups is 1. The van der Waals surface area contributed by atoms with E-state index in [0.29, 0.717) is 6.42 Å². The largest absolute Gasteiger partial charge is 0.396 e. The summed E-state index contributed by atoms with van der Waals surface area (Å²) in [5.41, 5.74) is 3.22. The Balaban J connectivity index is 2.17. The van der Waals surface area contributed by atoms with Crippen molar-refractivity contribution >= 4 is 17.5 Å². The highest BCUT2D eigenvalue weighted by Crippen LogP contribution is 2.23. The summed E-state index contributed by atoms with van der Waals surface area (Å²) in [6.45, 7) is 0.00761. The number of amides is 1. The molecule has 2 aromatic rings. The van der Waals surface area contributed by atoms with E-state index >= 15 is 0 Å². The number of hydrogen-bond donors (Lipinski definition) is 2. The molecular formula is C17H18ClNO2. The van der Waals surface area contributed by atoms with Gasteiger partial charge in [-0.2, -0.15) is 0 Å². The second-order valence-corrected chi connectivity index (χ2v) is 5.02. The first-order chi connectivity index (χ1) is 10.2. The molecule has 3 nitrogen and oxygen atoms in total. The van der Waals surface area contributed by atoms with Crippen LogP contribution in [0.1, 0.15) is 18.0 Å². The first-order valence-corrected chi connectivity index (χ1v) is 7.39. The van der Waals surface area contributed by atoms with Crippen LogP contribution in [0.5, 0.6) is 0 Å². The Labute approximate surface area is 129 Å². The van der Waals surface area contributed by atoms with Crippen molar-refractivity contribution in [2.24, 2.45) is 0 Å². The van der Waals surface area contributed by atoms with Crippen LogP contribution in [-0.2, 0) is 4.79 Å². The van der Waals surface area contributed by atoms with Gasteiger partial charge in [-0.1, -0.05) is 54.6 Å². The summed E-state index contributed by atoms with van der Waals surface area (Å²) in [6, 6.07) is 17.8. The van der Waals surface area contributed by atoms with Crippen LogP contribution in [0, 0.1) is 0 Å². The molecule has 0 radical (unpaired) electrons. The topological polar surface area (TPSA) is 49.3 Å². The van der Waals surface area contributed by atoms with Crippen LogP contribution in [-0.4, -0.2) is 23.5 Å². The lowest BCUT2D eigenvalue weighted by Crippen LogP contribution is -2.30. The van der Waals surface area contributed by atoms with E-state index in [2.05, 4.69) is 17.4 Å². The molecule has 0 saturated heterocycles. The third-order valence-corrected chi connectivity index (χ3v) is 3.54. The van der Waals surface area contributed by atoms with E-state index in [0.717, 1.165) is 16.7 Å². The smallest absolute Gasteiger partial charge is 0.235 e. The Hall–Kier alpha value is -1.84. The van der Waals surface area contributed by atoms with Crippen LogP contribution < -0.4 is 5.32 Å². The highest BCUT2D eigenvalue weighted by molar-refractivity contribution is 6.27. The molecule has 2 rings (SSSR count). The molecule has 0 heterocycles. The number of benzene rings is 2. The molecule has 110 valence electrons. The van der Waals surface area contributed by atoms with Gasteiger partial charge < -0.3 is 10.4 Å². The van der Waals surface area contributed by atoms with Gasteiger partial charge >= 0.3 is 0 Å². The number of carbonyl (C=O) groups is 1. The number of rotatable bonds is 6. The number of halogens is 1. The lowest BCUT2D eigenvalue weighted by molar-refractivity contribution is -0.119. The summed E-state index contributed by atoms with van der Waals surface area (Å²) in [6.07, 6.45) is 0.466. The van der Waals surface area contributed by atoms with Gasteiger partial charge in [0.1, 0.15) is 5.88 Å². The van der Waals surface area contributed by atoms with Gasteiger partial charge in [-0.3, -0.25) is 4.79 Å². The summed E-state index contributed by atoms with van der Waals surface area (Å²) in [4.78, 5) is 11.4. The highest BCUT2D eigenvalue weighted by atomic mass is 35.5. The molecule has 2 aromatic carbocycles. The standard InChI is InChI=1S/C17H18ClNO2/c18-12-17(21)19-16(10-11-20)15-8-6-14(7-9-15)13-4-2-1-3-5-13/h1-9,16,20H,10-12H2,(H,19,21)/t16-/m0/s1. The number of hydrogen-bond acceptors (Lipinski definition) is 2. The van der Waals surface area contributed by atoms with Crippen LogP contribution in [0.3, 0.4) is 0 Å². The Morgan fingerprint density at radius 1 is 1.05 bits per heavy atom. The van der Waals surface area contributed by atoms with Crippen molar-refractivity contribution in [3.63, 3.8) is 0 Å². The molecule has 0 unspecified atom stereocenters. The molecule has 0 aliphatic rings. The first-order valence-electron chi connectivity index (χ1n) is 6.86. The summed E-state index contributed by atoms with van der Waals surface area (Å²) in [7, 11) is 0. The maximum Gasteiger partial charge on any atom is 0.235 e. The Morgan fingerprint density at radius 2 is 1.67 bits per heavy atom. The molecule has 0 spiro atoms. The molecule has 1 amide bonds. The van der Waals surface area contributed by atoms with Crippen LogP contribution in [0.2, 0.25) is 0 Å². The molecule has 0 aromatic heterocycles. The minimum absolute atomic E-state index is 0.00761. The zero-order valence-electron chi connectivity index (χ0n) is 11.6. The Bertz CT molecular complexity index is 569. The molecular weight excluding hydrogens is 286 g/mol. The Morgan fingerprint density at radius 3 is 2.24 bits per heavy atom. The van der Waals surface area contributed by atoms with Crippen molar-refractivity contribution in [3.05, 3.63) is 60.2 Å². The van der Waals surface area contributed by atoms with Gasteiger partial charge in [-0.25, -0.2) is 0 Å². The lowest BCUT2D eigenvalue weighted by Gasteiger charge is -2.18. The summed E-state index contributed by atoms with van der Waals surface area (Å²) < 4.78 is 0. The zero-order chi connectivity index (χ0) is 15.1. The third kappa shape index (κ3) is 4.31. The zero-order valence-corrected chi connectivity index (χ0v) is 12.4.